The molecule has 100 valence electrons. The molecule has 0 aromatic carbocycles. The Balaban J connectivity index is 2.54. The summed E-state index contributed by atoms with van der Waals surface area (Å²) in [5.41, 5.74) is 6.66. The normalized spacial score (nSPS) is 10.4. The maximum atomic E-state index is 12.0. The van der Waals surface area contributed by atoms with Crippen molar-refractivity contribution >= 4 is 11.8 Å². The van der Waals surface area contributed by atoms with Gasteiger partial charge in [-0.15, -0.1) is 0 Å². The lowest BCUT2D eigenvalue weighted by Gasteiger charge is -2.11. The molecule has 0 atom stereocenters. The minimum absolute atomic E-state index is 0.282. The van der Waals surface area contributed by atoms with Gasteiger partial charge in [-0.25, -0.2) is 14.8 Å². The third kappa shape index (κ3) is 2.57. The number of nitrogen functional groups attached to an aromatic ring is 1. The lowest BCUT2D eigenvalue weighted by atomic mass is 10.2. The molecule has 0 spiro atoms. The Labute approximate surface area is 111 Å². The van der Waals surface area contributed by atoms with Gasteiger partial charge in [0.25, 0.3) is 0 Å². The van der Waals surface area contributed by atoms with Crippen LogP contribution in [0, 0.1) is 0 Å². The molecule has 0 amide bonds. The molecule has 19 heavy (non-hydrogen) atoms. The van der Waals surface area contributed by atoms with E-state index in [1.807, 2.05) is 11.5 Å². The lowest BCUT2D eigenvalue weighted by Crippen LogP contribution is -2.12. The maximum absolute atomic E-state index is 12.0. The van der Waals surface area contributed by atoms with Crippen molar-refractivity contribution in [1.29, 1.82) is 0 Å². The van der Waals surface area contributed by atoms with E-state index < -0.39 is 5.97 Å². The molecule has 0 aliphatic heterocycles. The minimum Gasteiger partial charge on any atom is -0.462 e. The molecule has 6 nitrogen and oxygen atoms in total. The Hall–Kier alpha value is -2.37. The number of imidazole rings is 1. The summed E-state index contributed by atoms with van der Waals surface area (Å²) >= 11 is 0. The van der Waals surface area contributed by atoms with Crippen LogP contribution in [0.5, 0.6) is 0 Å². The van der Waals surface area contributed by atoms with Crippen LogP contribution in [0.4, 0.5) is 5.82 Å². The molecule has 0 fully saturated rings. The fraction of sp³-hybridized carbons (Fsp3) is 0.308. The largest absolute Gasteiger partial charge is 0.462 e. The number of hydrogen-bond acceptors (Lipinski definition) is 5. The van der Waals surface area contributed by atoms with E-state index in [9.17, 15) is 4.79 Å². The van der Waals surface area contributed by atoms with Crippen LogP contribution in [0.15, 0.2) is 24.7 Å². The summed E-state index contributed by atoms with van der Waals surface area (Å²) in [5, 5.41) is 0. The van der Waals surface area contributed by atoms with Gasteiger partial charge in [0.05, 0.1) is 24.1 Å². The predicted molar refractivity (Wildman–Crippen MR) is 71.1 cm³/mol. The molecule has 0 radical (unpaired) electrons. The van der Waals surface area contributed by atoms with Crippen LogP contribution in [0.1, 0.15) is 30.0 Å². The van der Waals surface area contributed by atoms with Gasteiger partial charge in [0.2, 0.25) is 0 Å². The van der Waals surface area contributed by atoms with Crippen molar-refractivity contribution < 1.29 is 9.53 Å². The zero-order valence-corrected chi connectivity index (χ0v) is 11.0. The lowest BCUT2D eigenvalue weighted by molar-refractivity contribution is 0.0526. The number of nitrogens with zero attached hydrogens (tertiary/aromatic N) is 3. The van der Waals surface area contributed by atoms with Crippen LogP contribution in [0.2, 0.25) is 0 Å². The molecule has 2 heterocycles. The van der Waals surface area contributed by atoms with Crippen LogP contribution in [0.25, 0.3) is 5.69 Å². The van der Waals surface area contributed by atoms with Gasteiger partial charge < -0.3 is 15.0 Å². The highest BCUT2D eigenvalue weighted by Crippen LogP contribution is 2.19. The molecule has 2 aromatic heterocycles. The summed E-state index contributed by atoms with van der Waals surface area (Å²) in [6.45, 7) is 4.06. The molecule has 0 saturated heterocycles. The van der Waals surface area contributed by atoms with Gasteiger partial charge in [0.15, 0.2) is 0 Å². The van der Waals surface area contributed by atoms with Crippen LogP contribution in [-0.2, 0) is 11.2 Å². The number of ether oxygens (including phenoxy) is 1. The molecule has 6 heteroatoms. The average Bonchev–Trinajstić information content (AvgIpc) is 2.87. The number of carbonyl (C=O) groups excluding carboxylic acids is 1. The van der Waals surface area contributed by atoms with E-state index in [-0.39, 0.29) is 5.82 Å². The van der Waals surface area contributed by atoms with E-state index in [1.54, 1.807) is 25.5 Å². The quantitative estimate of drug-likeness (QED) is 0.844. The number of esters is 1. The van der Waals surface area contributed by atoms with Gasteiger partial charge in [-0.1, -0.05) is 6.92 Å². The first-order valence-corrected chi connectivity index (χ1v) is 6.12. The van der Waals surface area contributed by atoms with Crippen LogP contribution in [0.3, 0.4) is 0 Å². The molecule has 0 bridgehead atoms. The molecule has 0 unspecified atom stereocenters. The third-order valence-corrected chi connectivity index (χ3v) is 2.69. The summed E-state index contributed by atoms with van der Waals surface area (Å²) in [5.74, 6) is 0.712. The Kier molecular flexibility index (Phi) is 3.79. The first kappa shape index (κ1) is 13.1. The number of carbonyl (C=O) groups is 1. The van der Waals surface area contributed by atoms with Gasteiger partial charge >= 0.3 is 5.97 Å². The maximum Gasteiger partial charge on any atom is 0.340 e. The Morgan fingerprint density at radius 1 is 1.42 bits per heavy atom. The number of rotatable bonds is 4. The van der Waals surface area contributed by atoms with Crippen LogP contribution < -0.4 is 5.73 Å². The standard InChI is InChI=1S/C13H16N4O2/c1-3-12-15-5-6-17(12)10-8-16-11(14)7-9(10)13(18)19-4-2/h5-8H,3-4H2,1-2H3,(H2,14,16). The molecular formula is C13H16N4O2. The van der Waals surface area contributed by atoms with Crippen LogP contribution in [-0.4, -0.2) is 27.1 Å². The van der Waals surface area contributed by atoms with Crippen molar-refractivity contribution in [1.82, 2.24) is 14.5 Å². The monoisotopic (exact) mass is 260 g/mol. The highest BCUT2D eigenvalue weighted by atomic mass is 16.5. The van der Waals surface area contributed by atoms with Crippen molar-refractivity contribution in [2.24, 2.45) is 0 Å². The average molecular weight is 260 g/mol. The van der Waals surface area contributed by atoms with Crippen molar-refractivity contribution in [2.45, 2.75) is 20.3 Å². The number of aromatic nitrogens is 3. The van der Waals surface area contributed by atoms with Gasteiger partial charge in [0, 0.05) is 18.8 Å². The van der Waals surface area contributed by atoms with E-state index in [2.05, 4.69) is 9.97 Å². The molecule has 0 saturated carbocycles. The third-order valence-electron chi connectivity index (χ3n) is 2.69. The summed E-state index contributed by atoms with van der Waals surface area (Å²) in [7, 11) is 0. The number of aryl methyl sites for hydroxylation is 1. The predicted octanol–water partition coefficient (Wildman–Crippen LogP) is 1.59. The smallest absolute Gasteiger partial charge is 0.340 e. The van der Waals surface area contributed by atoms with Crippen molar-refractivity contribution in [2.75, 3.05) is 12.3 Å². The summed E-state index contributed by atoms with van der Waals surface area (Å²) in [4.78, 5) is 20.2. The zero-order chi connectivity index (χ0) is 13.8. The SMILES string of the molecule is CCOC(=O)c1cc(N)ncc1-n1ccnc1CC. The number of pyridine rings is 1. The highest BCUT2D eigenvalue weighted by molar-refractivity contribution is 5.94. The van der Waals surface area contributed by atoms with Gasteiger partial charge in [-0.05, 0) is 13.0 Å². The minimum atomic E-state index is -0.414. The van der Waals surface area contributed by atoms with Crippen molar-refractivity contribution in [3.05, 3.63) is 36.0 Å². The number of anilines is 1. The molecule has 2 aromatic rings. The van der Waals surface area contributed by atoms with E-state index in [4.69, 9.17) is 10.5 Å². The second-order valence-electron chi connectivity index (χ2n) is 3.91. The second kappa shape index (κ2) is 5.51. The van der Waals surface area contributed by atoms with E-state index in [1.165, 1.54) is 6.07 Å². The van der Waals surface area contributed by atoms with E-state index in [0.29, 0.717) is 17.9 Å². The fourth-order valence-corrected chi connectivity index (χ4v) is 1.84. The molecule has 0 aliphatic carbocycles. The number of nitrogens with two attached hydrogens (primary N) is 1. The zero-order valence-electron chi connectivity index (χ0n) is 11.0. The molecular weight excluding hydrogens is 244 g/mol. The molecule has 2 N–H and O–H groups in total. The Morgan fingerprint density at radius 3 is 2.89 bits per heavy atom. The Bertz CT molecular complexity index is 592. The summed E-state index contributed by atoms with van der Waals surface area (Å²) < 4.78 is 6.86. The first-order valence-electron chi connectivity index (χ1n) is 6.12. The Morgan fingerprint density at radius 2 is 2.21 bits per heavy atom. The van der Waals surface area contributed by atoms with Gasteiger partial charge in [-0.3, -0.25) is 0 Å². The summed E-state index contributed by atoms with van der Waals surface area (Å²) in [6.07, 6.45) is 5.78. The number of hydrogen-bond donors (Lipinski definition) is 1. The van der Waals surface area contributed by atoms with Crippen molar-refractivity contribution in [3.63, 3.8) is 0 Å². The molecule has 2 rings (SSSR count). The first-order chi connectivity index (χ1) is 9.17. The van der Waals surface area contributed by atoms with E-state index >= 15 is 0 Å². The molecule has 0 aliphatic rings. The highest BCUT2D eigenvalue weighted by Gasteiger charge is 2.16. The second-order valence-corrected chi connectivity index (χ2v) is 3.91. The van der Waals surface area contributed by atoms with Crippen molar-refractivity contribution in [3.8, 4) is 5.69 Å². The van der Waals surface area contributed by atoms with Gasteiger partial charge in [-0.2, -0.15) is 0 Å². The topological polar surface area (TPSA) is 83.0 Å². The van der Waals surface area contributed by atoms with Gasteiger partial charge in [0.1, 0.15) is 11.6 Å². The van der Waals surface area contributed by atoms with E-state index in [0.717, 1.165) is 12.2 Å². The fourth-order valence-electron chi connectivity index (χ4n) is 1.84. The summed E-state index contributed by atoms with van der Waals surface area (Å²) in [6, 6.07) is 1.52. The van der Waals surface area contributed by atoms with Crippen LogP contribution >= 0.6 is 0 Å².